The molecule has 0 unspecified atom stereocenters. The molecule has 0 saturated heterocycles. The highest BCUT2D eigenvalue weighted by molar-refractivity contribution is 8.77. The molecule has 0 nitrogen and oxygen atoms in total. The molecule has 0 rings (SSSR count). The molecular weight excluding hydrogens is 160 g/mol. The quantitative estimate of drug-likeness (QED) is 0.598. The van der Waals surface area contributed by atoms with Crippen LogP contribution < -0.4 is 0 Å². The summed E-state index contributed by atoms with van der Waals surface area (Å²) in [6.07, 6.45) is 1.25. The van der Waals surface area contributed by atoms with E-state index in [-0.39, 0.29) is 0 Å². The van der Waals surface area contributed by atoms with Gasteiger partial charge in [-0.15, -0.1) is 0 Å². The first-order valence-electron chi connectivity index (χ1n) is 3.82. The summed E-state index contributed by atoms with van der Waals surface area (Å²) in [6, 6.07) is 0. The maximum Gasteiger partial charge on any atom is 0.0204 e. The lowest BCUT2D eigenvalue weighted by atomic mass is 10.1. The summed E-state index contributed by atoms with van der Waals surface area (Å²) in [4.78, 5) is 0. The second kappa shape index (κ2) is 4.55. The number of rotatable bonds is 4. The third-order valence-electron chi connectivity index (χ3n) is 1.32. The molecule has 62 valence electrons. The Morgan fingerprint density at radius 2 is 1.80 bits per heavy atom. The zero-order chi connectivity index (χ0) is 8.20. The van der Waals surface area contributed by atoms with Gasteiger partial charge in [0.05, 0.1) is 0 Å². The summed E-state index contributed by atoms with van der Waals surface area (Å²) in [7, 11) is 3.98. The molecule has 0 N–H and O–H groups in total. The Labute approximate surface area is 72.9 Å². The highest BCUT2D eigenvalue weighted by Crippen LogP contribution is 2.39. The first-order chi connectivity index (χ1) is 4.48. The Morgan fingerprint density at radius 3 is 2.10 bits per heavy atom. The molecule has 0 heterocycles. The van der Waals surface area contributed by atoms with E-state index in [0.29, 0.717) is 4.75 Å². The van der Waals surface area contributed by atoms with Gasteiger partial charge in [-0.3, -0.25) is 0 Å². The summed E-state index contributed by atoms with van der Waals surface area (Å²) >= 11 is 0. The van der Waals surface area contributed by atoms with Crippen LogP contribution in [-0.4, -0.2) is 10.00 Å². The third kappa shape index (κ3) is 5.48. The van der Waals surface area contributed by atoms with E-state index in [1.807, 2.05) is 21.6 Å². The molecule has 0 aromatic rings. The molecule has 0 spiro atoms. The molecule has 0 aliphatic carbocycles. The lowest BCUT2D eigenvalue weighted by Crippen LogP contribution is -2.10. The van der Waals surface area contributed by atoms with Gasteiger partial charge in [-0.05, 0) is 20.3 Å². The molecule has 0 aromatic carbocycles. The van der Waals surface area contributed by atoms with Crippen molar-refractivity contribution in [2.24, 2.45) is 0 Å². The molecule has 0 amide bonds. The van der Waals surface area contributed by atoms with Crippen molar-refractivity contribution in [2.75, 3.05) is 0 Å². The van der Waals surface area contributed by atoms with Crippen molar-refractivity contribution in [2.45, 2.75) is 51.0 Å². The predicted octanol–water partition coefficient (Wildman–Crippen LogP) is 3.96. The zero-order valence-corrected chi connectivity index (χ0v) is 9.23. The van der Waals surface area contributed by atoms with Crippen LogP contribution in [0.1, 0.15) is 41.0 Å². The molecule has 0 aliphatic heterocycles. The van der Waals surface area contributed by atoms with Gasteiger partial charge in [0.1, 0.15) is 0 Å². The monoisotopic (exact) mass is 178 g/mol. The van der Waals surface area contributed by atoms with Crippen molar-refractivity contribution in [3.63, 3.8) is 0 Å². The smallest absolute Gasteiger partial charge is 0.0204 e. The summed E-state index contributed by atoms with van der Waals surface area (Å²) in [5.41, 5.74) is 0. The fourth-order valence-corrected chi connectivity index (χ4v) is 2.57. The van der Waals surface area contributed by atoms with Gasteiger partial charge in [0.2, 0.25) is 0 Å². The molecule has 0 radical (unpaired) electrons. The molecule has 0 fully saturated rings. The number of hydrogen-bond acceptors (Lipinski definition) is 2. The minimum atomic E-state index is 0.453. The fourth-order valence-electron chi connectivity index (χ4n) is 0.285. The van der Waals surface area contributed by atoms with Crippen LogP contribution in [0, 0.1) is 0 Å². The van der Waals surface area contributed by atoms with Crippen LogP contribution in [0.5, 0.6) is 0 Å². The maximum absolute atomic E-state index is 2.30. The summed E-state index contributed by atoms with van der Waals surface area (Å²) in [5.74, 6) is 0. The van der Waals surface area contributed by atoms with Crippen molar-refractivity contribution >= 4 is 21.6 Å². The van der Waals surface area contributed by atoms with Crippen LogP contribution in [0.3, 0.4) is 0 Å². The minimum Gasteiger partial charge on any atom is -0.0908 e. The Hall–Kier alpha value is 0.700. The van der Waals surface area contributed by atoms with Gasteiger partial charge in [-0.1, -0.05) is 42.4 Å². The summed E-state index contributed by atoms with van der Waals surface area (Å²) in [6.45, 7) is 11.3. The first kappa shape index (κ1) is 10.7. The average Bonchev–Trinajstić information content (AvgIpc) is 1.85. The fraction of sp³-hybridized carbons (Fsp3) is 1.00. The molecule has 0 saturated carbocycles. The van der Waals surface area contributed by atoms with Crippen LogP contribution in [0.4, 0.5) is 0 Å². The standard InChI is InChI=1S/C8H18S2/c1-6-8(4,5)10-9-7(2)3/h7H,6H2,1-5H3. The van der Waals surface area contributed by atoms with Crippen LogP contribution >= 0.6 is 21.6 Å². The van der Waals surface area contributed by atoms with E-state index in [1.165, 1.54) is 6.42 Å². The van der Waals surface area contributed by atoms with Crippen molar-refractivity contribution in [3.05, 3.63) is 0 Å². The topological polar surface area (TPSA) is 0 Å². The van der Waals surface area contributed by atoms with E-state index in [9.17, 15) is 0 Å². The molecule has 0 bridgehead atoms. The SMILES string of the molecule is CCC(C)(C)SSC(C)C. The predicted molar refractivity (Wildman–Crippen MR) is 54.7 cm³/mol. The van der Waals surface area contributed by atoms with E-state index < -0.39 is 0 Å². The second-order valence-electron chi connectivity index (χ2n) is 3.34. The normalized spacial score (nSPS) is 12.6. The first-order valence-corrected chi connectivity index (χ1v) is 6.03. The Kier molecular flexibility index (Phi) is 4.87. The van der Waals surface area contributed by atoms with E-state index in [1.54, 1.807) is 0 Å². The molecule has 0 aromatic heterocycles. The van der Waals surface area contributed by atoms with Gasteiger partial charge in [0.25, 0.3) is 0 Å². The van der Waals surface area contributed by atoms with Crippen molar-refractivity contribution in [3.8, 4) is 0 Å². The van der Waals surface area contributed by atoms with Gasteiger partial charge >= 0.3 is 0 Å². The van der Waals surface area contributed by atoms with E-state index in [2.05, 4.69) is 34.6 Å². The van der Waals surface area contributed by atoms with E-state index >= 15 is 0 Å². The Balaban J connectivity index is 3.46. The largest absolute Gasteiger partial charge is 0.0908 e. The zero-order valence-electron chi connectivity index (χ0n) is 7.60. The van der Waals surface area contributed by atoms with Crippen molar-refractivity contribution in [1.29, 1.82) is 0 Å². The Morgan fingerprint density at radius 1 is 1.30 bits per heavy atom. The van der Waals surface area contributed by atoms with Crippen LogP contribution in [0.2, 0.25) is 0 Å². The van der Waals surface area contributed by atoms with Gasteiger partial charge < -0.3 is 0 Å². The van der Waals surface area contributed by atoms with Crippen LogP contribution in [0.15, 0.2) is 0 Å². The Bertz CT molecular complexity index is 87.3. The van der Waals surface area contributed by atoms with E-state index in [0.717, 1.165) is 5.25 Å². The maximum atomic E-state index is 2.30. The van der Waals surface area contributed by atoms with Crippen LogP contribution in [-0.2, 0) is 0 Å². The lowest BCUT2D eigenvalue weighted by Gasteiger charge is -2.21. The highest BCUT2D eigenvalue weighted by Gasteiger charge is 2.16. The van der Waals surface area contributed by atoms with Gasteiger partial charge in [-0.2, -0.15) is 0 Å². The molecule has 0 aliphatic rings. The molecule has 10 heavy (non-hydrogen) atoms. The average molecular weight is 178 g/mol. The number of hydrogen-bond donors (Lipinski definition) is 0. The van der Waals surface area contributed by atoms with Crippen molar-refractivity contribution < 1.29 is 0 Å². The van der Waals surface area contributed by atoms with E-state index in [4.69, 9.17) is 0 Å². The minimum absolute atomic E-state index is 0.453. The second-order valence-corrected chi connectivity index (χ2v) is 6.83. The summed E-state index contributed by atoms with van der Waals surface area (Å²) in [5, 5.41) is 0.746. The van der Waals surface area contributed by atoms with Gasteiger partial charge in [0.15, 0.2) is 0 Å². The highest BCUT2D eigenvalue weighted by atomic mass is 33.1. The van der Waals surface area contributed by atoms with Crippen molar-refractivity contribution in [1.82, 2.24) is 0 Å². The third-order valence-corrected chi connectivity index (χ3v) is 5.34. The van der Waals surface area contributed by atoms with Crippen LogP contribution in [0.25, 0.3) is 0 Å². The van der Waals surface area contributed by atoms with Gasteiger partial charge in [-0.25, -0.2) is 0 Å². The van der Waals surface area contributed by atoms with Gasteiger partial charge in [0, 0.05) is 10.00 Å². The molecule has 0 atom stereocenters. The summed E-state index contributed by atoms with van der Waals surface area (Å²) < 4.78 is 0.453. The lowest BCUT2D eigenvalue weighted by molar-refractivity contribution is 0.690. The molecular formula is C8H18S2. The molecule has 2 heteroatoms.